The predicted molar refractivity (Wildman–Crippen MR) is 148 cm³/mol. The number of ether oxygens (including phenoxy) is 2. The van der Waals surface area contributed by atoms with E-state index in [0.717, 1.165) is 13.0 Å². The van der Waals surface area contributed by atoms with Crippen LogP contribution in [0.4, 0.5) is 5.13 Å². The van der Waals surface area contributed by atoms with Gasteiger partial charge in [0.15, 0.2) is 26.8 Å². The van der Waals surface area contributed by atoms with Gasteiger partial charge in [-0.25, -0.2) is 18.4 Å². The summed E-state index contributed by atoms with van der Waals surface area (Å²) < 4.78 is 36.3. The van der Waals surface area contributed by atoms with Crippen molar-refractivity contribution in [3.63, 3.8) is 0 Å². The maximum atomic E-state index is 13.3. The standard InChI is InChI=1S/C26H31N5O6S2/c1-31(2)13-3-14-36-22-11-10-21-25(28-22)38-26(27-21)29-24(32)23(30-37-18-12-15-35-16-18)17-4-6-19(7-5-17)39(33,34)20-8-9-20/h4-7,10-11,18,20H,3,8-9,12-16H2,1-2H3,(H,27,29,32)/b30-23+/t18-/m1/s1. The Morgan fingerprint density at radius 3 is 2.64 bits per heavy atom. The molecule has 0 bridgehead atoms. The largest absolute Gasteiger partial charge is 0.478 e. The number of nitrogens with zero attached hydrogens (tertiary/aromatic N) is 4. The summed E-state index contributed by atoms with van der Waals surface area (Å²) in [6, 6.07) is 9.71. The molecule has 1 aliphatic heterocycles. The lowest BCUT2D eigenvalue weighted by molar-refractivity contribution is -0.110. The van der Waals surface area contributed by atoms with Crippen LogP contribution in [-0.4, -0.2) is 86.7 Å². The third-order valence-corrected chi connectivity index (χ3v) is 9.42. The number of sulfone groups is 1. The number of oxime groups is 1. The molecule has 2 aromatic heterocycles. The van der Waals surface area contributed by atoms with Crippen LogP contribution in [0.2, 0.25) is 0 Å². The third-order valence-electron chi connectivity index (χ3n) is 6.27. The number of thiazole rings is 1. The highest BCUT2D eigenvalue weighted by Gasteiger charge is 2.36. The Balaban J connectivity index is 1.32. The molecule has 39 heavy (non-hydrogen) atoms. The molecule has 1 aliphatic carbocycles. The van der Waals surface area contributed by atoms with Gasteiger partial charge in [0.2, 0.25) is 5.88 Å². The van der Waals surface area contributed by atoms with Crippen molar-refractivity contribution in [1.82, 2.24) is 14.9 Å². The van der Waals surface area contributed by atoms with Gasteiger partial charge in [0.25, 0.3) is 5.91 Å². The second-order valence-corrected chi connectivity index (χ2v) is 13.0. The van der Waals surface area contributed by atoms with Crippen LogP contribution in [0.5, 0.6) is 5.88 Å². The highest BCUT2D eigenvalue weighted by Crippen LogP contribution is 2.33. The van der Waals surface area contributed by atoms with Gasteiger partial charge >= 0.3 is 0 Å². The van der Waals surface area contributed by atoms with E-state index in [4.69, 9.17) is 14.3 Å². The maximum absolute atomic E-state index is 13.3. The Hall–Kier alpha value is -3.13. The Kier molecular flexibility index (Phi) is 8.40. The van der Waals surface area contributed by atoms with Gasteiger partial charge in [0, 0.05) is 24.6 Å². The molecule has 3 heterocycles. The zero-order chi connectivity index (χ0) is 27.4. The summed E-state index contributed by atoms with van der Waals surface area (Å²) in [5, 5.41) is 6.96. The van der Waals surface area contributed by atoms with E-state index in [2.05, 4.69) is 25.3 Å². The summed E-state index contributed by atoms with van der Waals surface area (Å²) in [5.41, 5.74) is 1.06. The molecule has 1 atom stereocenters. The first-order chi connectivity index (χ1) is 18.8. The number of benzene rings is 1. The van der Waals surface area contributed by atoms with Gasteiger partial charge in [-0.2, -0.15) is 0 Å². The topological polar surface area (TPSA) is 132 Å². The quantitative estimate of drug-likeness (QED) is 0.197. The molecule has 2 aliphatic rings. The Morgan fingerprint density at radius 1 is 1.15 bits per heavy atom. The molecule has 1 saturated carbocycles. The SMILES string of the molecule is CN(C)CCCOc1ccc2nc(NC(=O)/C(=N/O[C@@H]3CCOC3)c3ccc(S(=O)(=O)C4CC4)cc3)sc2n1. The number of carbonyl (C=O) groups is 1. The van der Waals surface area contributed by atoms with Gasteiger partial charge in [-0.3, -0.25) is 10.1 Å². The first-order valence-corrected chi connectivity index (χ1v) is 15.2. The van der Waals surface area contributed by atoms with Gasteiger partial charge in [-0.15, -0.1) is 0 Å². The van der Waals surface area contributed by atoms with E-state index in [-0.39, 0.29) is 22.0 Å². The van der Waals surface area contributed by atoms with Crippen molar-refractivity contribution in [3.8, 4) is 5.88 Å². The summed E-state index contributed by atoms with van der Waals surface area (Å²) in [5.74, 6) is -0.0376. The molecule has 0 unspecified atom stereocenters. The molecule has 208 valence electrons. The summed E-state index contributed by atoms with van der Waals surface area (Å²) in [7, 11) is 0.675. The Morgan fingerprint density at radius 2 is 1.95 bits per heavy atom. The van der Waals surface area contributed by atoms with Gasteiger partial charge in [0.1, 0.15) is 10.3 Å². The molecule has 5 rings (SSSR count). The third kappa shape index (κ3) is 6.90. The van der Waals surface area contributed by atoms with E-state index >= 15 is 0 Å². The average molecular weight is 574 g/mol. The fourth-order valence-electron chi connectivity index (χ4n) is 3.97. The second kappa shape index (κ2) is 11.9. The molecule has 0 spiro atoms. The van der Waals surface area contributed by atoms with Crippen LogP contribution >= 0.6 is 11.3 Å². The van der Waals surface area contributed by atoms with Crippen molar-refractivity contribution in [1.29, 1.82) is 0 Å². The van der Waals surface area contributed by atoms with E-state index in [0.29, 0.717) is 66.0 Å². The average Bonchev–Trinajstić information content (AvgIpc) is 3.52. The van der Waals surface area contributed by atoms with Crippen LogP contribution < -0.4 is 10.1 Å². The minimum absolute atomic E-state index is 0.00870. The molecule has 11 nitrogen and oxygen atoms in total. The van der Waals surface area contributed by atoms with Crippen molar-refractivity contribution >= 4 is 48.3 Å². The van der Waals surface area contributed by atoms with Crippen molar-refractivity contribution in [2.45, 2.75) is 41.9 Å². The van der Waals surface area contributed by atoms with Gasteiger partial charge in [-0.1, -0.05) is 28.6 Å². The second-order valence-electron chi connectivity index (χ2n) is 9.75. The van der Waals surface area contributed by atoms with Crippen molar-refractivity contribution in [2.24, 2.45) is 5.16 Å². The summed E-state index contributed by atoms with van der Waals surface area (Å²) >= 11 is 1.22. The minimum atomic E-state index is -3.35. The normalized spacial score (nSPS) is 18.0. The lowest BCUT2D eigenvalue weighted by Crippen LogP contribution is -2.25. The fraction of sp³-hybridized carbons (Fsp3) is 0.462. The number of hydrogen-bond acceptors (Lipinski definition) is 11. The van der Waals surface area contributed by atoms with Crippen molar-refractivity contribution in [3.05, 3.63) is 42.0 Å². The van der Waals surface area contributed by atoms with Crippen molar-refractivity contribution in [2.75, 3.05) is 45.8 Å². The van der Waals surface area contributed by atoms with E-state index in [9.17, 15) is 13.2 Å². The van der Waals surface area contributed by atoms with Gasteiger partial charge < -0.3 is 19.2 Å². The molecule has 2 fully saturated rings. The molecule has 3 aromatic rings. The number of carbonyl (C=O) groups excluding carboxylic acids is 1. The Bertz CT molecular complexity index is 1450. The number of aromatic nitrogens is 2. The van der Waals surface area contributed by atoms with E-state index in [1.54, 1.807) is 24.3 Å². The number of anilines is 1. The van der Waals surface area contributed by atoms with Gasteiger partial charge in [-0.05, 0) is 51.6 Å². The molecular formula is C26H31N5O6S2. The molecule has 1 aromatic carbocycles. The number of rotatable bonds is 12. The summed E-state index contributed by atoms with van der Waals surface area (Å²) in [6.07, 6.45) is 2.64. The molecule has 1 saturated heterocycles. The van der Waals surface area contributed by atoms with Crippen LogP contribution in [-0.2, 0) is 24.2 Å². The fourth-order valence-corrected chi connectivity index (χ4v) is 6.45. The van der Waals surface area contributed by atoms with Crippen LogP contribution in [0.3, 0.4) is 0 Å². The number of pyridine rings is 1. The molecule has 0 radical (unpaired) electrons. The predicted octanol–water partition coefficient (Wildman–Crippen LogP) is 3.11. The number of fused-ring (bicyclic) bond motifs is 1. The highest BCUT2D eigenvalue weighted by atomic mass is 32.2. The van der Waals surface area contributed by atoms with Crippen molar-refractivity contribution < 1.29 is 27.5 Å². The lowest BCUT2D eigenvalue weighted by atomic mass is 10.1. The molecular weight excluding hydrogens is 542 g/mol. The summed E-state index contributed by atoms with van der Waals surface area (Å²) in [4.78, 5) is 30.9. The first kappa shape index (κ1) is 27.4. The Labute approximate surface area is 231 Å². The molecule has 13 heteroatoms. The summed E-state index contributed by atoms with van der Waals surface area (Å²) in [6.45, 7) is 2.42. The maximum Gasteiger partial charge on any atom is 0.280 e. The highest BCUT2D eigenvalue weighted by molar-refractivity contribution is 7.92. The van der Waals surface area contributed by atoms with Gasteiger partial charge in [0.05, 0.1) is 30.0 Å². The van der Waals surface area contributed by atoms with Crippen LogP contribution in [0.15, 0.2) is 46.4 Å². The minimum Gasteiger partial charge on any atom is -0.478 e. The molecule has 1 amide bonds. The molecule has 1 N–H and O–H groups in total. The monoisotopic (exact) mass is 573 g/mol. The number of amides is 1. The van der Waals surface area contributed by atoms with Crippen LogP contribution in [0.25, 0.3) is 10.3 Å². The van der Waals surface area contributed by atoms with Crippen LogP contribution in [0.1, 0.15) is 31.2 Å². The van der Waals surface area contributed by atoms with Crippen LogP contribution in [0, 0.1) is 0 Å². The lowest BCUT2D eigenvalue weighted by Gasteiger charge is -2.10. The van der Waals surface area contributed by atoms with E-state index < -0.39 is 15.7 Å². The zero-order valence-corrected chi connectivity index (χ0v) is 23.5. The first-order valence-electron chi connectivity index (χ1n) is 12.8. The number of hydrogen-bond donors (Lipinski definition) is 1. The van der Waals surface area contributed by atoms with E-state index in [1.165, 1.54) is 23.5 Å². The number of nitrogens with one attached hydrogen (secondary N) is 1. The zero-order valence-electron chi connectivity index (χ0n) is 21.8. The van der Waals surface area contributed by atoms with E-state index in [1.807, 2.05) is 14.1 Å². The smallest absolute Gasteiger partial charge is 0.280 e.